The molecule has 0 aliphatic carbocycles. The summed E-state index contributed by atoms with van der Waals surface area (Å²) >= 11 is 0. The minimum absolute atomic E-state index is 0.388. The van der Waals surface area contributed by atoms with Crippen LogP contribution in [-0.2, 0) is 9.47 Å². The Morgan fingerprint density at radius 2 is 2.14 bits per heavy atom. The summed E-state index contributed by atoms with van der Waals surface area (Å²) in [6.07, 6.45) is 3.98. The molecule has 114 valence electrons. The maximum absolute atomic E-state index is 9.18. The molecule has 1 aliphatic heterocycles. The van der Waals surface area contributed by atoms with Gasteiger partial charge >= 0.3 is 0 Å². The second kappa shape index (κ2) is 6.97. The van der Waals surface area contributed by atoms with Crippen LogP contribution in [0.1, 0.15) is 23.7 Å². The summed E-state index contributed by atoms with van der Waals surface area (Å²) in [4.78, 5) is 0. The van der Waals surface area contributed by atoms with Crippen molar-refractivity contribution in [2.24, 2.45) is 0 Å². The van der Waals surface area contributed by atoms with Crippen LogP contribution >= 0.6 is 0 Å². The standard InChI is InChI=1S/C14H14N2.C4H6O2/c1-4-7-16-11(3)13(9-15)12-6-5-10(2)8-14(12)16;1-4-2-5-3-6-4/h4-8H,1-3H3;1-3H2/b7-4+;. The number of allylic oxidation sites excluding steroid dienone is 1. The first-order chi connectivity index (χ1) is 10.6. The van der Waals surface area contributed by atoms with Crippen molar-refractivity contribution in [3.05, 3.63) is 53.4 Å². The van der Waals surface area contributed by atoms with E-state index in [1.165, 1.54) is 5.56 Å². The fourth-order valence-electron chi connectivity index (χ4n) is 2.35. The summed E-state index contributed by atoms with van der Waals surface area (Å²) in [6, 6.07) is 8.46. The zero-order valence-corrected chi connectivity index (χ0v) is 13.2. The Kier molecular flexibility index (Phi) is 5.03. The Bertz CT molecular complexity index is 755. The van der Waals surface area contributed by atoms with Gasteiger partial charge in [-0.05, 0) is 32.4 Å². The molecule has 3 rings (SSSR count). The topological polar surface area (TPSA) is 47.2 Å². The highest BCUT2D eigenvalue weighted by Crippen LogP contribution is 2.26. The number of hydrogen-bond donors (Lipinski definition) is 0. The molecule has 0 bridgehead atoms. The third kappa shape index (κ3) is 3.21. The van der Waals surface area contributed by atoms with Gasteiger partial charge in [0.2, 0.25) is 0 Å². The Hall–Kier alpha value is -2.51. The largest absolute Gasteiger partial charge is 0.470 e. The molecule has 0 N–H and O–H groups in total. The molecule has 0 radical (unpaired) electrons. The lowest BCUT2D eigenvalue weighted by molar-refractivity contribution is 0.0802. The first-order valence-corrected chi connectivity index (χ1v) is 7.10. The van der Waals surface area contributed by atoms with E-state index in [-0.39, 0.29) is 0 Å². The molecule has 22 heavy (non-hydrogen) atoms. The Morgan fingerprint density at radius 3 is 2.64 bits per heavy atom. The Labute approximate surface area is 130 Å². The maximum atomic E-state index is 9.18. The van der Waals surface area contributed by atoms with Gasteiger partial charge in [-0.3, -0.25) is 0 Å². The monoisotopic (exact) mass is 296 g/mol. The van der Waals surface area contributed by atoms with Crippen molar-refractivity contribution in [2.75, 3.05) is 13.4 Å². The van der Waals surface area contributed by atoms with Crippen LogP contribution in [0.5, 0.6) is 0 Å². The molecule has 1 fully saturated rings. The van der Waals surface area contributed by atoms with Crippen molar-refractivity contribution in [2.45, 2.75) is 20.8 Å². The molecule has 1 saturated heterocycles. The van der Waals surface area contributed by atoms with E-state index in [4.69, 9.17) is 9.47 Å². The summed E-state index contributed by atoms with van der Waals surface area (Å²) in [6.45, 7) is 10.5. The molecular formula is C18H20N2O2. The quantitative estimate of drug-likeness (QED) is 0.795. The third-order valence-electron chi connectivity index (χ3n) is 3.42. The second-order valence-electron chi connectivity index (χ2n) is 5.09. The number of nitrogens with zero attached hydrogens (tertiary/aromatic N) is 2. The normalized spacial score (nSPS) is 13.8. The number of rotatable bonds is 1. The van der Waals surface area contributed by atoms with Crippen LogP contribution in [0.15, 0.2) is 36.6 Å². The number of nitriles is 1. The lowest BCUT2D eigenvalue weighted by atomic mass is 10.1. The SMILES string of the molecule is C/C=C/n1c(C)c(C#N)c2ccc(C)cc21.C=C1COCO1. The van der Waals surface area contributed by atoms with Gasteiger partial charge in [-0.15, -0.1) is 0 Å². The van der Waals surface area contributed by atoms with Crippen molar-refractivity contribution in [3.8, 4) is 6.07 Å². The van der Waals surface area contributed by atoms with Crippen molar-refractivity contribution in [1.29, 1.82) is 5.26 Å². The lowest BCUT2D eigenvalue weighted by Gasteiger charge is -2.00. The van der Waals surface area contributed by atoms with Gasteiger partial charge in [-0.2, -0.15) is 5.26 Å². The van der Waals surface area contributed by atoms with E-state index in [0.29, 0.717) is 13.4 Å². The summed E-state index contributed by atoms with van der Waals surface area (Å²) in [5.41, 5.74) is 4.08. The van der Waals surface area contributed by atoms with Gasteiger partial charge in [0.15, 0.2) is 6.79 Å². The molecule has 0 spiro atoms. The number of aryl methyl sites for hydroxylation is 1. The van der Waals surface area contributed by atoms with Crippen LogP contribution in [0.4, 0.5) is 0 Å². The molecule has 1 aromatic carbocycles. The molecule has 4 nitrogen and oxygen atoms in total. The summed E-state index contributed by atoms with van der Waals surface area (Å²) in [5.74, 6) is 0.731. The molecule has 2 heterocycles. The van der Waals surface area contributed by atoms with Gasteiger partial charge in [-0.1, -0.05) is 24.8 Å². The maximum Gasteiger partial charge on any atom is 0.189 e. The molecule has 0 saturated carbocycles. The average molecular weight is 296 g/mol. The van der Waals surface area contributed by atoms with Crippen molar-refractivity contribution in [1.82, 2.24) is 4.57 Å². The van der Waals surface area contributed by atoms with E-state index in [0.717, 1.165) is 27.9 Å². The molecule has 0 atom stereocenters. The summed E-state index contributed by atoms with van der Waals surface area (Å²) < 4.78 is 11.5. The minimum Gasteiger partial charge on any atom is -0.470 e. The van der Waals surface area contributed by atoms with Crippen LogP contribution in [0, 0.1) is 25.2 Å². The van der Waals surface area contributed by atoms with E-state index in [1.807, 2.05) is 38.3 Å². The van der Waals surface area contributed by atoms with Crippen LogP contribution in [0.3, 0.4) is 0 Å². The molecule has 1 aliphatic rings. The van der Waals surface area contributed by atoms with E-state index < -0.39 is 0 Å². The molecule has 4 heteroatoms. The molecule has 0 amide bonds. The highest BCUT2D eigenvalue weighted by molar-refractivity contribution is 5.90. The van der Waals surface area contributed by atoms with Gasteiger partial charge < -0.3 is 14.0 Å². The lowest BCUT2D eigenvalue weighted by Crippen LogP contribution is -1.89. The molecule has 0 unspecified atom stereocenters. The van der Waals surface area contributed by atoms with E-state index in [2.05, 4.69) is 30.2 Å². The molecule has 1 aromatic heterocycles. The molecular weight excluding hydrogens is 276 g/mol. The van der Waals surface area contributed by atoms with E-state index in [1.54, 1.807) is 0 Å². The zero-order chi connectivity index (χ0) is 16.1. The fourth-order valence-corrected chi connectivity index (χ4v) is 2.35. The van der Waals surface area contributed by atoms with Gasteiger partial charge in [-0.25, -0.2) is 0 Å². The number of benzene rings is 1. The zero-order valence-electron chi connectivity index (χ0n) is 13.2. The van der Waals surface area contributed by atoms with E-state index >= 15 is 0 Å². The summed E-state index contributed by atoms with van der Waals surface area (Å²) in [5, 5.41) is 10.2. The van der Waals surface area contributed by atoms with Gasteiger partial charge in [0.05, 0.1) is 11.1 Å². The van der Waals surface area contributed by atoms with Crippen LogP contribution in [0.2, 0.25) is 0 Å². The smallest absolute Gasteiger partial charge is 0.189 e. The number of fused-ring (bicyclic) bond motifs is 1. The van der Waals surface area contributed by atoms with Crippen LogP contribution in [-0.4, -0.2) is 18.0 Å². The highest BCUT2D eigenvalue weighted by atomic mass is 16.7. The Morgan fingerprint density at radius 1 is 1.36 bits per heavy atom. The number of aromatic nitrogens is 1. The molecule has 2 aromatic rings. The van der Waals surface area contributed by atoms with Gasteiger partial charge in [0, 0.05) is 17.3 Å². The van der Waals surface area contributed by atoms with Crippen molar-refractivity contribution in [3.63, 3.8) is 0 Å². The van der Waals surface area contributed by atoms with Gasteiger partial charge in [0.1, 0.15) is 18.4 Å². The van der Waals surface area contributed by atoms with Crippen LogP contribution < -0.4 is 0 Å². The Balaban J connectivity index is 0.000000246. The van der Waals surface area contributed by atoms with Gasteiger partial charge in [0.25, 0.3) is 0 Å². The predicted molar refractivity (Wildman–Crippen MR) is 88.2 cm³/mol. The highest BCUT2D eigenvalue weighted by Gasteiger charge is 2.11. The van der Waals surface area contributed by atoms with E-state index in [9.17, 15) is 5.26 Å². The number of ether oxygens (including phenoxy) is 2. The van der Waals surface area contributed by atoms with Crippen LogP contribution in [0.25, 0.3) is 17.1 Å². The first kappa shape index (κ1) is 15.9. The van der Waals surface area contributed by atoms with Crippen molar-refractivity contribution < 1.29 is 9.47 Å². The second-order valence-corrected chi connectivity index (χ2v) is 5.09. The minimum atomic E-state index is 0.388. The fraction of sp³-hybridized carbons (Fsp3) is 0.278. The van der Waals surface area contributed by atoms with Crippen molar-refractivity contribution >= 4 is 17.1 Å². The summed E-state index contributed by atoms with van der Waals surface area (Å²) in [7, 11) is 0. The number of hydrogen-bond acceptors (Lipinski definition) is 3. The average Bonchev–Trinajstić information content (AvgIpc) is 3.07. The third-order valence-corrected chi connectivity index (χ3v) is 3.42. The predicted octanol–water partition coefficient (Wildman–Crippen LogP) is 4.12. The first-order valence-electron chi connectivity index (χ1n) is 7.10.